The lowest BCUT2D eigenvalue weighted by atomic mass is 9.94. The second-order valence-corrected chi connectivity index (χ2v) is 3.67. The predicted octanol–water partition coefficient (Wildman–Crippen LogP) is 3.23. The van der Waals surface area contributed by atoms with Crippen LogP contribution in [0.4, 0.5) is 4.39 Å². The lowest BCUT2D eigenvalue weighted by Gasteiger charge is -2.11. The van der Waals surface area contributed by atoms with Gasteiger partial charge in [-0.2, -0.15) is 0 Å². The van der Waals surface area contributed by atoms with Crippen LogP contribution in [0.15, 0.2) is 48.5 Å². The molecule has 2 aromatic rings. The van der Waals surface area contributed by atoms with E-state index < -0.39 is 0 Å². The molecule has 2 bridgehead atoms. The van der Waals surface area contributed by atoms with Crippen molar-refractivity contribution in [3.63, 3.8) is 0 Å². The average molecular weight is 214 g/mol. The molecule has 0 spiro atoms. The van der Waals surface area contributed by atoms with E-state index in [0.29, 0.717) is 11.8 Å². The lowest BCUT2D eigenvalue weighted by Crippen LogP contribution is -1.97. The van der Waals surface area contributed by atoms with Gasteiger partial charge in [0, 0.05) is 5.56 Å². The fraction of sp³-hybridized carbons (Fsp3) is 0.0714. The van der Waals surface area contributed by atoms with Crippen molar-refractivity contribution in [1.82, 2.24) is 0 Å². The molecule has 0 aliphatic heterocycles. The van der Waals surface area contributed by atoms with Crippen molar-refractivity contribution in [1.29, 1.82) is 0 Å². The van der Waals surface area contributed by atoms with Gasteiger partial charge in [0.05, 0.1) is 0 Å². The molecule has 0 aromatic heterocycles. The zero-order chi connectivity index (χ0) is 11.4. The van der Waals surface area contributed by atoms with Crippen LogP contribution in [0.5, 0.6) is 0 Å². The number of benzene rings is 2. The molecule has 0 heterocycles. The first kappa shape index (κ1) is 10.6. The first-order valence-corrected chi connectivity index (χ1v) is 5.06. The molecule has 2 heteroatoms. The quantitative estimate of drug-likeness (QED) is 0.568. The Morgan fingerprint density at radius 3 is 1.88 bits per heavy atom. The maximum Gasteiger partial charge on any atom is 0.150 e. The van der Waals surface area contributed by atoms with Crippen LogP contribution >= 0.6 is 0 Å². The highest BCUT2D eigenvalue weighted by Crippen LogP contribution is 2.18. The van der Waals surface area contributed by atoms with E-state index in [4.69, 9.17) is 0 Å². The molecule has 0 unspecified atom stereocenters. The van der Waals surface area contributed by atoms with Gasteiger partial charge in [-0.3, -0.25) is 4.79 Å². The van der Waals surface area contributed by atoms with Crippen molar-refractivity contribution in [3.8, 4) is 0 Å². The minimum Gasteiger partial charge on any atom is -0.298 e. The third kappa shape index (κ3) is 2.54. The van der Waals surface area contributed by atoms with Crippen molar-refractivity contribution >= 4 is 6.29 Å². The number of aldehydes is 1. The van der Waals surface area contributed by atoms with E-state index in [1.165, 1.54) is 41.8 Å². The Morgan fingerprint density at radius 2 is 1.56 bits per heavy atom. The molecule has 0 radical (unpaired) electrons. The standard InChI is InChI=1S/C7H5FO.C7H6/c8-7-3-1-6(5-9)2-4-7;1-2-6-4-7(3-1)5-6/h1-5H;1-4H,5H2. The normalized spacial score (nSPS) is 10.8. The molecule has 2 aromatic carbocycles. The van der Waals surface area contributed by atoms with E-state index >= 15 is 0 Å². The molecule has 1 nitrogen and oxygen atoms in total. The molecule has 0 N–H and O–H groups in total. The summed E-state index contributed by atoms with van der Waals surface area (Å²) in [6.07, 6.45) is 1.90. The first-order chi connectivity index (χ1) is 7.78. The Hall–Kier alpha value is -1.96. The molecular weight excluding hydrogens is 203 g/mol. The van der Waals surface area contributed by atoms with Crippen LogP contribution in [-0.2, 0) is 6.42 Å². The minimum atomic E-state index is -0.319. The predicted molar refractivity (Wildman–Crippen MR) is 61.0 cm³/mol. The Balaban J connectivity index is 0.000000123. The third-order valence-electron chi connectivity index (χ3n) is 2.41. The second kappa shape index (κ2) is 4.71. The topological polar surface area (TPSA) is 17.1 Å². The van der Waals surface area contributed by atoms with Gasteiger partial charge in [0.1, 0.15) is 12.1 Å². The van der Waals surface area contributed by atoms with Gasteiger partial charge in [-0.25, -0.2) is 4.39 Å². The number of hydrogen-bond acceptors (Lipinski definition) is 1. The monoisotopic (exact) mass is 214 g/mol. The zero-order valence-corrected chi connectivity index (χ0v) is 8.69. The molecule has 0 saturated carbocycles. The molecule has 0 amide bonds. The van der Waals surface area contributed by atoms with E-state index in [9.17, 15) is 9.18 Å². The molecule has 2 aliphatic carbocycles. The lowest BCUT2D eigenvalue weighted by molar-refractivity contribution is 0.112. The van der Waals surface area contributed by atoms with Crippen molar-refractivity contribution in [2.24, 2.45) is 0 Å². The summed E-state index contributed by atoms with van der Waals surface area (Å²) in [6.45, 7) is 0. The molecule has 0 saturated heterocycles. The minimum absolute atomic E-state index is 0.319. The molecule has 0 atom stereocenters. The Bertz CT molecular complexity index is 464. The number of halogens is 1. The molecular formula is C14H11FO. The van der Waals surface area contributed by atoms with Gasteiger partial charge in [0.25, 0.3) is 0 Å². The van der Waals surface area contributed by atoms with Crippen LogP contribution in [0, 0.1) is 5.82 Å². The Morgan fingerprint density at radius 1 is 1.00 bits per heavy atom. The van der Waals surface area contributed by atoms with E-state index in [-0.39, 0.29) is 5.82 Å². The zero-order valence-electron chi connectivity index (χ0n) is 8.69. The number of fused-ring (bicyclic) bond motifs is 2. The summed E-state index contributed by atoms with van der Waals surface area (Å²) in [7, 11) is 0. The fourth-order valence-electron chi connectivity index (χ4n) is 1.50. The highest BCUT2D eigenvalue weighted by molar-refractivity contribution is 5.74. The summed E-state index contributed by atoms with van der Waals surface area (Å²) in [6, 6.07) is 14.0. The van der Waals surface area contributed by atoms with Crippen LogP contribution in [-0.4, -0.2) is 6.29 Å². The first-order valence-electron chi connectivity index (χ1n) is 5.06. The van der Waals surface area contributed by atoms with Gasteiger partial charge in [-0.15, -0.1) is 0 Å². The Labute approximate surface area is 93.5 Å². The number of hydrogen-bond donors (Lipinski definition) is 0. The van der Waals surface area contributed by atoms with E-state index in [1.807, 2.05) is 0 Å². The highest BCUT2D eigenvalue weighted by Gasteiger charge is 2.04. The Kier molecular flexibility index (Phi) is 3.10. The van der Waals surface area contributed by atoms with E-state index in [1.54, 1.807) is 0 Å². The van der Waals surface area contributed by atoms with Crippen LogP contribution < -0.4 is 0 Å². The van der Waals surface area contributed by atoms with E-state index in [2.05, 4.69) is 24.3 Å². The number of carbonyl (C=O) groups excluding carboxylic acids is 1. The second-order valence-electron chi connectivity index (χ2n) is 3.67. The van der Waals surface area contributed by atoms with Crippen molar-refractivity contribution in [2.75, 3.05) is 0 Å². The summed E-state index contributed by atoms with van der Waals surface area (Å²) >= 11 is 0. The van der Waals surface area contributed by atoms with E-state index in [0.717, 1.165) is 0 Å². The summed E-state index contributed by atoms with van der Waals surface area (Å²) < 4.78 is 12.1. The van der Waals surface area contributed by atoms with Crippen LogP contribution in [0.3, 0.4) is 0 Å². The van der Waals surface area contributed by atoms with Crippen LogP contribution in [0.25, 0.3) is 0 Å². The third-order valence-corrected chi connectivity index (χ3v) is 2.41. The summed E-state index contributed by atoms with van der Waals surface area (Å²) in [4.78, 5) is 10.00. The smallest absolute Gasteiger partial charge is 0.150 e. The summed E-state index contributed by atoms with van der Waals surface area (Å²) in [5.41, 5.74) is 3.46. The molecule has 2 aliphatic rings. The number of carbonyl (C=O) groups is 1. The maximum absolute atomic E-state index is 12.1. The van der Waals surface area contributed by atoms with Gasteiger partial charge in [0.2, 0.25) is 0 Å². The van der Waals surface area contributed by atoms with Gasteiger partial charge < -0.3 is 0 Å². The molecule has 80 valence electrons. The highest BCUT2D eigenvalue weighted by atomic mass is 19.1. The van der Waals surface area contributed by atoms with Gasteiger partial charge >= 0.3 is 0 Å². The van der Waals surface area contributed by atoms with Crippen molar-refractivity contribution in [3.05, 3.63) is 71.0 Å². The molecule has 16 heavy (non-hydrogen) atoms. The van der Waals surface area contributed by atoms with Crippen LogP contribution in [0.1, 0.15) is 21.5 Å². The van der Waals surface area contributed by atoms with Gasteiger partial charge in [0.15, 0.2) is 0 Å². The van der Waals surface area contributed by atoms with Crippen molar-refractivity contribution < 1.29 is 9.18 Å². The molecule has 0 fully saturated rings. The number of rotatable bonds is 1. The summed E-state index contributed by atoms with van der Waals surface area (Å²) in [5.74, 6) is -0.319. The maximum atomic E-state index is 12.1. The molecule has 4 rings (SSSR count). The fourth-order valence-corrected chi connectivity index (χ4v) is 1.50. The SMILES string of the molecule is O=Cc1ccc(F)cc1.c1cc2cc(c1)C2. The van der Waals surface area contributed by atoms with Crippen LogP contribution in [0.2, 0.25) is 0 Å². The van der Waals surface area contributed by atoms with Crippen molar-refractivity contribution in [2.45, 2.75) is 6.42 Å². The van der Waals surface area contributed by atoms with Gasteiger partial charge in [-0.05, 0) is 41.8 Å². The average Bonchev–Trinajstić information content (AvgIpc) is 2.31. The summed E-state index contributed by atoms with van der Waals surface area (Å²) in [5, 5.41) is 0. The largest absolute Gasteiger partial charge is 0.298 e. The van der Waals surface area contributed by atoms with Gasteiger partial charge in [-0.1, -0.05) is 24.3 Å².